The van der Waals surface area contributed by atoms with Crippen molar-refractivity contribution in [1.82, 2.24) is 5.32 Å². The smallest absolute Gasteiger partial charge is 0.415 e. The SMILES string of the molecule is CC(C)(C)OC(=O)[C@@H](Cc1ccccc1)NC(=O)C1CN(c2ccc(C(N)=S)cc2)C(=O)O1. The number of thiocarbonyl (C=S) groups is 1. The maximum absolute atomic E-state index is 12.9. The van der Waals surface area contributed by atoms with Gasteiger partial charge in [0.25, 0.3) is 5.91 Å². The monoisotopic (exact) mass is 469 g/mol. The molecule has 0 aromatic heterocycles. The molecule has 2 aromatic rings. The number of nitrogens with zero attached hydrogens (tertiary/aromatic N) is 1. The Morgan fingerprint density at radius 3 is 2.39 bits per heavy atom. The summed E-state index contributed by atoms with van der Waals surface area (Å²) in [6.07, 6.45) is -1.49. The molecule has 1 aliphatic rings. The number of rotatable bonds is 7. The summed E-state index contributed by atoms with van der Waals surface area (Å²) >= 11 is 4.94. The fourth-order valence-electron chi connectivity index (χ4n) is 3.30. The van der Waals surface area contributed by atoms with Crippen LogP contribution in [0.1, 0.15) is 31.9 Å². The highest BCUT2D eigenvalue weighted by atomic mass is 32.1. The summed E-state index contributed by atoms with van der Waals surface area (Å²) in [5.74, 6) is -1.13. The van der Waals surface area contributed by atoms with E-state index in [0.717, 1.165) is 5.56 Å². The first kappa shape index (κ1) is 24.2. The number of esters is 1. The summed E-state index contributed by atoms with van der Waals surface area (Å²) in [5.41, 5.74) is 6.96. The van der Waals surface area contributed by atoms with Crippen LogP contribution < -0.4 is 16.0 Å². The van der Waals surface area contributed by atoms with Crippen LogP contribution in [0.5, 0.6) is 0 Å². The number of anilines is 1. The molecule has 2 atom stereocenters. The van der Waals surface area contributed by atoms with Gasteiger partial charge in [0.05, 0.1) is 6.54 Å². The van der Waals surface area contributed by atoms with Gasteiger partial charge in [-0.1, -0.05) is 42.5 Å². The fraction of sp³-hybridized carbons (Fsp3) is 0.333. The molecule has 174 valence electrons. The zero-order valence-electron chi connectivity index (χ0n) is 18.7. The molecule has 1 unspecified atom stereocenters. The van der Waals surface area contributed by atoms with Gasteiger partial charge in [0.15, 0.2) is 6.10 Å². The third-order valence-electron chi connectivity index (χ3n) is 4.86. The number of nitrogens with one attached hydrogen (secondary N) is 1. The van der Waals surface area contributed by atoms with Gasteiger partial charge in [0.1, 0.15) is 16.6 Å². The Kier molecular flexibility index (Phi) is 7.33. The minimum Gasteiger partial charge on any atom is -0.458 e. The van der Waals surface area contributed by atoms with Gasteiger partial charge < -0.3 is 20.5 Å². The first-order valence-electron chi connectivity index (χ1n) is 10.5. The summed E-state index contributed by atoms with van der Waals surface area (Å²) in [4.78, 5) is 39.7. The van der Waals surface area contributed by atoms with Crippen LogP contribution in [-0.2, 0) is 25.5 Å². The molecule has 0 aliphatic carbocycles. The third-order valence-corrected chi connectivity index (χ3v) is 5.09. The van der Waals surface area contributed by atoms with Crippen molar-refractivity contribution in [3.05, 3.63) is 65.7 Å². The second-order valence-electron chi connectivity index (χ2n) is 8.68. The molecule has 0 saturated carbocycles. The second-order valence-corrected chi connectivity index (χ2v) is 9.12. The molecule has 9 heteroatoms. The maximum Gasteiger partial charge on any atom is 0.415 e. The number of cyclic esters (lactones) is 1. The van der Waals surface area contributed by atoms with E-state index in [1.165, 1.54) is 4.90 Å². The highest BCUT2D eigenvalue weighted by Gasteiger charge is 2.39. The van der Waals surface area contributed by atoms with E-state index < -0.39 is 35.7 Å². The Hall–Kier alpha value is -3.46. The molecule has 3 N–H and O–H groups in total. The fourth-order valence-corrected chi connectivity index (χ4v) is 3.43. The van der Waals surface area contributed by atoms with Crippen LogP contribution in [0.25, 0.3) is 0 Å². The van der Waals surface area contributed by atoms with Crippen molar-refractivity contribution in [2.24, 2.45) is 5.73 Å². The average molecular weight is 470 g/mol. The van der Waals surface area contributed by atoms with Crippen LogP contribution in [0.3, 0.4) is 0 Å². The number of ether oxygens (including phenoxy) is 2. The van der Waals surface area contributed by atoms with Crippen molar-refractivity contribution in [3.63, 3.8) is 0 Å². The lowest BCUT2D eigenvalue weighted by atomic mass is 10.1. The molecule has 1 aliphatic heterocycles. The molecule has 33 heavy (non-hydrogen) atoms. The normalized spacial score (nSPS) is 16.6. The quantitative estimate of drug-likeness (QED) is 0.474. The van der Waals surface area contributed by atoms with Crippen molar-refractivity contribution < 1.29 is 23.9 Å². The van der Waals surface area contributed by atoms with Crippen molar-refractivity contribution in [3.8, 4) is 0 Å². The highest BCUT2D eigenvalue weighted by molar-refractivity contribution is 7.80. The van der Waals surface area contributed by atoms with Gasteiger partial charge in [-0.15, -0.1) is 0 Å². The Labute approximate surface area is 198 Å². The lowest BCUT2D eigenvalue weighted by molar-refractivity contribution is -0.159. The van der Waals surface area contributed by atoms with E-state index in [1.54, 1.807) is 45.0 Å². The van der Waals surface area contributed by atoms with Crippen LogP contribution in [0.15, 0.2) is 54.6 Å². The topological polar surface area (TPSA) is 111 Å². The number of carbonyl (C=O) groups excluding carboxylic acids is 3. The van der Waals surface area contributed by atoms with E-state index in [9.17, 15) is 14.4 Å². The molecule has 2 aromatic carbocycles. The summed E-state index contributed by atoms with van der Waals surface area (Å²) in [7, 11) is 0. The number of nitrogens with two attached hydrogens (primary N) is 1. The summed E-state index contributed by atoms with van der Waals surface area (Å²) in [6, 6.07) is 15.1. The maximum atomic E-state index is 12.9. The lowest BCUT2D eigenvalue weighted by Gasteiger charge is -2.25. The average Bonchev–Trinajstić information content (AvgIpc) is 3.14. The summed E-state index contributed by atoms with van der Waals surface area (Å²) in [5, 5.41) is 2.70. The number of hydrogen-bond donors (Lipinski definition) is 2. The van der Waals surface area contributed by atoms with Crippen molar-refractivity contribution in [2.75, 3.05) is 11.4 Å². The largest absolute Gasteiger partial charge is 0.458 e. The molecule has 0 bridgehead atoms. The first-order valence-corrected chi connectivity index (χ1v) is 10.9. The van der Waals surface area contributed by atoms with Crippen LogP contribution in [0, 0.1) is 0 Å². The number of hydrogen-bond acceptors (Lipinski definition) is 6. The Bertz CT molecular complexity index is 1030. The van der Waals surface area contributed by atoms with Gasteiger partial charge in [0, 0.05) is 17.7 Å². The third kappa shape index (κ3) is 6.52. The van der Waals surface area contributed by atoms with Crippen LogP contribution in [-0.4, -0.2) is 47.2 Å². The van der Waals surface area contributed by atoms with Crippen LogP contribution in [0.2, 0.25) is 0 Å². The zero-order chi connectivity index (χ0) is 24.2. The van der Waals surface area contributed by atoms with E-state index >= 15 is 0 Å². The first-order chi connectivity index (χ1) is 15.5. The van der Waals surface area contributed by atoms with E-state index in [0.29, 0.717) is 11.3 Å². The number of benzene rings is 2. The van der Waals surface area contributed by atoms with Crippen LogP contribution in [0.4, 0.5) is 10.5 Å². The van der Waals surface area contributed by atoms with Gasteiger partial charge in [0.2, 0.25) is 0 Å². The van der Waals surface area contributed by atoms with Gasteiger partial charge >= 0.3 is 12.1 Å². The standard InChI is InChI=1S/C24H27N3O5S/c1-24(2,3)32-22(29)18(13-15-7-5-4-6-8-15)26-21(28)19-14-27(23(30)31-19)17-11-9-16(10-12-17)20(25)33/h4-12,18-19H,13-14H2,1-3H3,(H2,25,33)(H,26,28)/t18-,19?/m1/s1. The molecule has 3 rings (SSSR count). The minimum absolute atomic E-state index is 0.00343. The Morgan fingerprint density at radius 1 is 1.18 bits per heavy atom. The predicted octanol–water partition coefficient (Wildman–Crippen LogP) is 2.72. The van der Waals surface area contributed by atoms with E-state index in [1.807, 2.05) is 30.3 Å². The Morgan fingerprint density at radius 2 is 1.82 bits per heavy atom. The van der Waals surface area contributed by atoms with Crippen LogP contribution >= 0.6 is 12.2 Å². The molecule has 1 saturated heterocycles. The molecule has 1 fully saturated rings. The molecule has 1 heterocycles. The van der Waals surface area contributed by atoms with Gasteiger partial charge in [-0.3, -0.25) is 9.69 Å². The summed E-state index contributed by atoms with van der Waals surface area (Å²) in [6.45, 7) is 5.27. The molecule has 0 spiro atoms. The minimum atomic E-state index is -1.08. The van der Waals surface area contributed by atoms with E-state index in [2.05, 4.69) is 5.32 Å². The van der Waals surface area contributed by atoms with E-state index in [-0.39, 0.29) is 18.0 Å². The second kappa shape index (κ2) is 9.99. The zero-order valence-corrected chi connectivity index (χ0v) is 19.6. The molecule has 2 amide bonds. The van der Waals surface area contributed by atoms with Crippen molar-refractivity contribution >= 4 is 40.9 Å². The summed E-state index contributed by atoms with van der Waals surface area (Å²) < 4.78 is 10.8. The molecular weight excluding hydrogens is 442 g/mol. The lowest BCUT2D eigenvalue weighted by Crippen LogP contribution is -2.49. The predicted molar refractivity (Wildman–Crippen MR) is 128 cm³/mol. The highest BCUT2D eigenvalue weighted by Crippen LogP contribution is 2.22. The van der Waals surface area contributed by atoms with Gasteiger partial charge in [-0.05, 0) is 50.6 Å². The Balaban J connectivity index is 1.71. The number of carbonyl (C=O) groups is 3. The molecule has 0 radical (unpaired) electrons. The van der Waals surface area contributed by atoms with Gasteiger partial charge in [-0.25, -0.2) is 9.59 Å². The molecule has 8 nitrogen and oxygen atoms in total. The van der Waals surface area contributed by atoms with Gasteiger partial charge in [-0.2, -0.15) is 0 Å². The molecular formula is C24H27N3O5S. The van der Waals surface area contributed by atoms with E-state index in [4.69, 9.17) is 27.4 Å². The van der Waals surface area contributed by atoms with Crippen molar-refractivity contribution in [2.45, 2.75) is 44.9 Å². The van der Waals surface area contributed by atoms with Crippen molar-refractivity contribution in [1.29, 1.82) is 0 Å². The number of amides is 2.